The van der Waals surface area contributed by atoms with Gasteiger partial charge in [0.1, 0.15) is 0 Å². The van der Waals surface area contributed by atoms with Crippen molar-refractivity contribution >= 4 is 23.3 Å². The number of hydrogen-bond acceptors (Lipinski definition) is 30. The first-order chi connectivity index (χ1) is 44.0. The molecule has 1 amide bonds. The van der Waals surface area contributed by atoms with Crippen molar-refractivity contribution in [1.29, 1.82) is 0 Å². The van der Waals surface area contributed by atoms with Gasteiger partial charge in [0.05, 0.1) is 311 Å². The highest BCUT2D eigenvalue weighted by atomic mass is 16.6. The molecule has 0 bridgehead atoms. The van der Waals surface area contributed by atoms with E-state index >= 15 is 0 Å². The molecule has 0 spiro atoms. The zero-order chi connectivity index (χ0) is 63.9. The number of aromatic nitrogens is 2. The molecule has 5 N–H and O–H groups in total. The van der Waals surface area contributed by atoms with Crippen LogP contribution in [0.3, 0.4) is 0 Å². The minimum atomic E-state index is -0.561. The molecule has 0 aromatic carbocycles. The van der Waals surface area contributed by atoms with Crippen molar-refractivity contribution in [2.24, 2.45) is 0 Å². The van der Waals surface area contributed by atoms with Crippen molar-refractivity contribution in [1.82, 2.24) is 15.3 Å². The number of Topliss-reactive ketones (excluding diaryl/α,β-unsaturated/α-hetero) is 1. The van der Waals surface area contributed by atoms with Crippen LogP contribution in [0.15, 0.2) is 0 Å². The van der Waals surface area contributed by atoms with Crippen LogP contribution in [0, 0.1) is 0 Å². The Morgan fingerprint density at radius 3 is 0.640 bits per heavy atom. The molecular weight excluding hydrogens is 1180 g/mol. The summed E-state index contributed by atoms with van der Waals surface area (Å²) in [6.07, 6.45) is 0.889. The molecule has 0 aliphatic rings. The maximum Gasteiger partial charge on any atom is 0.273 e. The SMILES string of the molecule is CCCC(=O)c1nc(N)c(C(=O)NCCOCCOCCOCCOCCOCCOCCOCCOCCOCCOCCOCCOCCOCCOCCOCCOCCOCCOCCOCCOCCOCCOCCOCCOC)nc1N. The van der Waals surface area contributed by atoms with Crippen LogP contribution in [0.4, 0.5) is 11.6 Å². The van der Waals surface area contributed by atoms with Gasteiger partial charge in [-0.2, -0.15) is 0 Å². The summed E-state index contributed by atoms with van der Waals surface area (Å²) in [5.74, 6) is -1.12. The number of rotatable bonds is 76. The van der Waals surface area contributed by atoms with Gasteiger partial charge in [-0.05, 0) is 6.42 Å². The summed E-state index contributed by atoms with van der Waals surface area (Å²) in [4.78, 5) is 32.4. The number of anilines is 2. The monoisotopic (exact) mass is 1290 g/mol. The third-order valence-electron chi connectivity index (χ3n) is 11.1. The smallest absolute Gasteiger partial charge is 0.273 e. The summed E-state index contributed by atoms with van der Waals surface area (Å²) in [6.45, 7) is 24.3. The zero-order valence-corrected chi connectivity index (χ0v) is 53.5. The highest BCUT2D eigenvalue weighted by Gasteiger charge is 2.20. The van der Waals surface area contributed by atoms with Crippen molar-refractivity contribution in [3.8, 4) is 0 Å². The van der Waals surface area contributed by atoms with E-state index in [1.54, 1.807) is 7.11 Å². The van der Waals surface area contributed by atoms with Crippen LogP contribution in [-0.4, -0.2) is 346 Å². The summed E-state index contributed by atoms with van der Waals surface area (Å²) in [7, 11) is 1.64. The van der Waals surface area contributed by atoms with Crippen LogP contribution >= 0.6 is 0 Å². The summed E-state index contributed by atoms with van der Waals surface area (Å²) in [5.41, 5.74) is 11.5. The van der Waals surface area contributed by atoms with Gasteiger partial charge in [-0.25, -0.2) is 9.97 Å². The standard InChI is InChI=1S/C58H111N5O26/c1-3-4-53(64)54-56(59)63-55(57(60)62-54)58(65)61-5-6-67-9-10-69-13-14-71-17-18-73-21-22-75-25-26-77-29-30-79-33-34-81-37-38-83-41-42-85-45-46-87-49-50-89-52-51-88-48-47-86-44-43-84-40-39-82-36-35-80-32-31-78-28-27-76-24-23-74-20-19-72-16-15-70-12-11-68-8-7-66-2/h3-52H2,1-2H3,(H2,59,63)(H2,60,62)(H,61,65). The lowest BCUT2D eigenvalue weighted by Crippen LogP contribution is -2.30. The fourth-order valence-electron chi connectivity index (χ4n) is 6.58. The first-order valence-corrected chi connectivity index (χ1v) is 31.0. The minimum absolute atomic E-state index is 0.0242. The molecule has 0 fully saturated rings. The van der Waals surface area contributed by atoms with E-state index in [9.17, 15) is 9.59 Å². The predicted octanol–water partition coefficient (Wildman–Crippen LogP) is 0.382. The van der Waals surface area contributed by atoms with Crippen molar-refractivity contribution in [2.75, 3.05) is 336 Å². The zero-order valence-electron chi connectivity index (χ0n) is 53.5. The highest BCUT2D eigenvalue weighted by molar-refractivity contribution is 6.01. The number of methoxy groups -OCH3 is 1. The molecule has 0 atom stereocenters. The van der Waals surface area contributed by atoms with E-state index in [4.69, 9.17) is 125 Å². The van der Waals surface area contributed by atoms with Gasteiger partial charge in [0, 0.05) is 20.1 Å². The molecule has 1 rings (SSSR count). The number of hydrogen-bond donors (Lipinski definition) is 3. The number of ketones is 1. The number of carbonyl (C=O) groups excluding carboxylic acids is 2. The molecule has 89 heavy (non-hydrogen) atoms. The fourth-order valence-corrected chi connectivity index (χ4v) is 6.58. The molecule has 1 aromatic rings. The van der Waals surface area contributed by atoms with Crippen LogP contribution < -0.4 is 16.8 Å². The molecular formula is C58H111N5O26. The van der Waals surface area contributed by atoms with Gasteiger partial charge in [-0.3, -0.25) is 9.59 Å². The number of nitrogens with zero attached hydrogens (tertiary/aromatic N) is 2. The molecule has 524 valence electrons. The summed E-state index contributed by atoms with van der Waals surface area (Å²) in [6, 6.07) is 0. The molecule has 0 radical (unpaired) electrons. The van der Waals surface area contributed by atoms with Crippen LogP contribution in [-0.2, 0) is 114 Å². The van der Waals surface area contributed by atoms with Crippen molar-refractivity contribution in [3.63, 3.8) is 0 Å². The Balaban J connectivity index is 1.63. The van der Waals surface area contributed by atoms with Crippen LogP contribution in [0.25, 0.3) is 0 Å². The van der Waals surface area contributed by atoms with E-state index in [0.29, 0.717) is 310 Å². The minimum Gasteiger partial charge on any atom is -0.382 e. The van der Waals surface area contributed by atoms with Crippen LogP contribution in [0.1, 0.15) is 40.7 Å². The molecule has 31 nitrogen and oxygen atoms in total. The fraction of sp³-hybridized carbons (Fsp3) is 0.897. The number of nitrogen functional groups attached to an aromatic ring is 2. The first-order valence-electron chi connectivity index (χ1n) is 31.0. The number of nitrogens with two attached hydrogens (primary N) is 2. The molecule has 1 heterocycles. The normalized spacial score (nSPS) is 11.6. The average molecular weight is 1290 g/mol. The van der Waals surface area contributed by atoms with Crippen molar-refractivity contribution in [3.05, 3.63) is 11.4 Å². The van der Waals surface area contributed by atoms with Crippen LogP contribution in [0.5, 0.6) is 0 Å². The molecule has 1 aromatic heterocycles. The summed E-state index contributed by atoms with van der Waals surface area (Å²) >= 11 is 0. The molecule has 0 unspecified atom stereocenters. The first kappa shape index (κ1) is 83.9. The second-order valence-corrected chi connectivity index (χ2v) is 18.2. The van der Waals surface area contributed by atoms with Crippen LogP contribution in [0.2, 0.25) is 0 Å². The van der Waals surface area contributed by atoms with E-state index < -0.39 is 5.91 Å². The number of amides is 1. The van der Waals surface area contributed by atoms with Gasteiger partial charge in [0.25, 0.3) is 5.91 Å². The average Bonchev–Trinajstić information content (AvgIpc) is 3.74. The van der Waals surface area contributed by atoms with E-state index in [-0.39, 0.29) is 48.4 Å². The molecule has 0 saturated heterocycles. The largest absolute Gasteiger partial charge is 0.382 e. The Morgan fingerprint density at radius 2 is 0.449 bits per heavy atom. The van der Waals surface area contributed by atoms with Gasteiger partial charge in [0.2, 0.25) is 0 Å². The Bertz CT molecular complexity index is 1650. The van der Waals surface area contributed by atoms with Gasteiger partial charge in [-0.1, -0.05) is 6.92 Å². The van der Waals surface area contributed by atoms with Gasteiger partial charge < -0.3 is 130 Å². The molecule has 0 saturated carbocycles. The van der Waals surface area contributed by atoms with Crippen molar-refractivity contribution < 1.29 is 123 Å². The lowest BCUT2D eigenvalue weighted by Gasteiger charge is -2.10. The summed E-state index contributed by atoms with van der Waals surface area (Å²) in [5, 5.41) is 2.63. The molecule has 0 aliphatic heterocycles. The Hall–Kier alpha value is -3.14. The molecule has 31 heteroatoms. The van der Waals surface area contributed by atoms with E-state index in [2.05, 4.69) is 15.3 Å². The lowest BCUT2D eigenvalue weighted by atomic mass is 10.1. The quantitative estimate of drug-likeness (QED) is 0.0586. The highest BCUT2D eigenvalue weighted by Crippen LogP contribution is 2.15. The van der Waals surface area contributed by atoms with E-state index in [0.717, 1.165) is 0 Å². The van der Waals surface area contributed by atoms with E-state index in [1.807, 2.05) is 6.92 Å². The van der Waals surface area contributed by atoms with Gasteiger partial charge >= 0.3 is 0 Å². The summed E-state index contributed by atoms with van der Waals surface area (Å²) < 4.78 is 131. The molecule has 0 aliphatic carbocycles. The van der Waals surface area contributed by atoms with Crippen molar-refractivity contribution in [2.45, 2.75) is 19.8 Å². The maximum absolute atomic E-state index is 12.4. The second-order valence-electron chi connectivity index (χ2n) is 18.2. The second kappa shape index (κ2) is 70.7. The third-order valence-corrected chi connectivity index (χ3v) is 11.1. The Kier molecular flexibility index (Phi) is 66.6. The number of ether oxygens (including phenoxy) is 24. The lowest BCUT2D eigenvalue weighted by molar-refractivity contribution is -0.0319. The Morgan fingerprint density at radius 1 is 0.281 bits per heavy atom. The topological polar surface area (TPSA) is 346 Å². The van der Waals surface area contributed by atoms with Gasteiger partial charge in [0.15, 0.2) is 28.8 Å². The number of carbonyl (C=O) groups is 2. The van der Waals surface area contributed by atoms with Gasteiger partial charge in [-0.15, -0.1) is 0 Å². The number of nitrogens with one attached hydrogen (secondary N) is 1. The maximum atomic E-state index is 12.4. The third kappa shape index (κ3) is 60.8. The predicted molar refractivity (Wildman–Crippen MR) is 323 cm³/mol. The Labute approximate surface area is 527 Å². The van der Waals surface area contributed by atoms with E-state index in [1.165, 1.54) is 0 Å².